The maximum absolute atomic E-state index is 11.0. The molecule has 0 aliphatic heterocycles. The lowest BCUT2D eigenvalue weighted by atomic mass is 10.2. The van der Waals surface area contributed by atoms with E-state index in [0.29, 0.717) is 17.9 Å². The van der Waals surface area contributed by atoms with Crippen LogP contribution in [-0.2, 0) is 14.3 Å². The number of carbonyl (C=O) groups is 1. The van der Waals surface area contributed by atoms with Crippen LogP contribution in [0.2, 0.25) is 0 Å². The number of hydrogen-bond donors (Lipinski definition) is 1. The molecular weight excluding hydrogens is 272 g/mol. The second kappa shape index (κ2) is 8.94. The molecule has 1 N–H and O–H groups in total. The van der Waals surface area contributed by atoms with Crippen LogP contribution >= 0.6 is 0 Å². The first-order valence-corrected chi connectivity index (χ1v) is 6.47. The molecule has 1 atom stereocenters. The second-order valence-electron chi connectivity index (χ2n) is 4.34. The van der Waals surface area contributed by atoms with Gasteiger partial charge in [0.15, 0.2) is 6.29 Å². The lowest BCUT2D eigenvalue weighted by Crippen LogP contribution is -2.17. The summed E-state index contributed by atoms with van der Waals surface area (Å²) in [4.78, 5) is 11.0. The van der Waals surface area contributed by atoms with Crippen LogP contribution in [0, 0.1) is 0 Å². The van der Waals surface area contributed by atoms with Crippen LogP contribution in [0.4, 0.5) is 0 Å². The molecule has 0 saturated carbocycles. The van der Waals surface area contributed by atoms with Crippen molar-refractivity contribution in [3.05, 3.63) is 48.1 Å². The molecule has 0 saturated heterocycles. The van der Waals surface area contributed by atoms with E-state index in [-0.39, 0.29) is 6.61 Å². The standard InChI is InChI=1S/C16H20O5/c1-12(2)16(18)21-11-10-20-14-7-4-13(5-8-14)6-9-15(17)19-3/h4-9,16,18H,1,10-11H2,2-3H3/b9-6+. The molecule has 0 aromatic heterocycles. The predicted octanol–water partition coefficient (Wildman–Crippen LogP) is 2.16. The molecule has 0 amide bonds. The Balaban J connectivity index is 2.36. The molecule has 0 heterocycles. The van der Waals surface area contributed by atoms with E-state index in [0.717, 1.165) is 5.56 Å². The quantitative estimate of drug-likeness (QED) is 0.261. The number of hydrogen-bond acceptors (Lipinski definition) is 5. The van der Waals surface area contributed by atoms with Crippen molar-refractivity contribution in [1.29, 1.82) is 0 Å². The number of esters is 1. The van der Waals surface area contributed by atoms with Crippen LogP contribution in [0.5, 0.6) is 5.75 Å². The third-order valence-corrected chi connectivity index (χ3v) is 2.54. The van der Waals surface area contributed by atoms with Gasteiger partial charge in [0, 0.05) is 6.08 Å². The molecule has 0 aliphatic carbocycles. The highest BCUT2D eigenvalue weighted by Crippen LogP contribution is 2.13. The molecular formula is C16H20O5. The highest BCUT2D eigenvalue weighted by atomic mass is 16.6. The van der Waals surface area contributed by atoms with Gasteiger partial charge in [0.1, 0.15) is 12.4 Å². The van der Waals surface area contributed by atoms with Crippen LogP contribution in [0.25, 0.3) is 6.08 Å². The molecule has 0 spiro atoms. The summed E-state index contributed by atoms with van der Waals surface area (Å²) in [5.74, 6) is 0.280. The summed E-state index contributed by atoms with van der Waals surface area (Å²) in [7, 11) is 1.33. The molecule has 0 aliphatic rings. The Hall–Kier alpha value is -2.11. The van der Waals surface area contributed by atoms with E-state index >= 15 is 0 Å². The van der Waals surface area contributed by atoms with Crippen molar-refractivity contribution in [1.82, 2.24) is 0 Å². The smallest absolute Gasteiger partial charge is 0.330 e. The molecule has 114 valence electrons. The molecule has 5 heteroatoms. The number of rotatable bonds is 8. The average Bonchev–Trinajstić information content (AvgIpc) is 2.49. The van der Waals surface area contributed by atoms with Crippen LogP contribution in [0.1, 0.15) is 12.5 Å². The topological polar surface area (TPSA) is 65.0 Å². The molecule has 0 radical (unpaired) electrons. The molecule has 1 aromatic rings. The van der Waals surface area contributed by atoms with Crippen LogP contribution in [-0.4, -0.2) is 37.7 Å². The van der Waals surface area contributed by atoms with E-state index in [1.807, 2.05) is 12.1 Å². The minimum Gasteiger partial charge on any atom is -0.491 e. The van der Waals surface area contributed by atoms with Crippen molar-refractivity contribution >= 4 is 12.0 Å². The monoisotopic (exact) mass is 292 g/mol. The van der Waals surface area contributed by atoms with Crippen molar-refractivity contribution < 1.29 is 24.1 Å². The fourth-order valence-corrected chi connectivity index (χ4v) is 1.37. The zero-order chi connectivity index (χ0) is 15.7. The lowest BCUT2D eigenvalue weighted by Gasteiger charge is -2.12. The Morgan fingerprint density at radius 2 is 2.00 bits per heavy atom. The van der Waals surface area contributed by atoms with Gasteiger partial charge in [0.05, 0.1) is 13.7 Å². The van der Waals surface area contributed by atoms with Gasteiger partial charge in [-0.15, -0.1) is 0 Å². The van der Waals surface area contributed by atoms with Gasteiger partial charge in [0.2, 0.25) is 0 Å². The highest BCUT2D eigenvalue weighted by Gasteiger charge is 2.03. The molecule has 1 unspecified atom stereocenters. The fraction of sp³-hybridized carbons (Fsp3) is 0.312. The number of aliphatic hydroxyl groups excluding tert-OH is 1. The molecule has 5 nitrogen and oxygen atoms in total. The van der Waals surface area contributed by atoms with Crippen molar-refractivity contribution in [2.24, 2.45) is 0 Å². The van der Waals surface area contributed by atoms with Gasteiger partial charge in [-0.3, -0.25) is 0 Å². The summed E-state index contributed by atoms with van der Waals surface area (Å²) in [5.41, 5.74) is 1.42. The Morgan fingerprint density at radius 1 is 1.33 bits per heavy atom. The first-order chi connectivity index (χ1) is 10.0. The molecule has 1 rings (SSSR count). The Kier molecular flexibility index (Phi) is 7.21. The van der Waals surface area contributed by atoms with Crippen LogP contribution in [0.3, 0.4) is 0 Å². The molecule has 1 aromatic carbocycles. The molecule has 0 fully saturated rings. The predicted molar refractivity (Wildman–Crippen MR) is 79.8 cm³/mol. The highest BCUT2D eigenvalue weighted by molar-refractivity contribution is 5.86. The number of ether oxygens (including phenoxy) is 3. The van der Waals surface area contributed by atoms with Crippen molar-refractivity contribution in [3.8, 4) is 5.75 Å². The van der Waals surface area contributed by atoms with Gasteiger partial charge in [-0.25, -0.2) is 4.79 Å². The van der Waals surface area contributed by atoms with E-state index in [9.17, 15) is 9.90 Å². The summed E-state index contributed by atoms with van der Waals surface area (Å²) in [5, 5.41) is 9.36. The summed E-state index contributed by atoms with van der Waals surface area (Å²) in [6.07, 6.45) is 2.05. The van der Waals surface area contributed by atoms with Gasteiger partial charge >= 0.3 is 5.97 Å². The van der Waals surface area contributed by atoms with Gasteiger partial charge < -0.3 is 19.3 Å². The van der Waals surface area contributed by atoms with Crippen molar-refractivity contribution in [2.75, 3.05) is 20.3 Å². The number of methoxy groups -OCH3 is 1. The largest absolute Gasteiger partial charge is 0.491 e. The van der Waals surface area contributed by atoms with E-state index in [1.165, 1.54) is 13.2 Å². The fourth-order valence-electron chi connectivity index (χ4n) is 1.37. The maximum Gasteiger partial charge on any atom is 0.330 e. The molecule has 0 bridgehead atoms. The summed E-state index contributed by atoms with van der Waals surface area (Å²) >= 11 is 0. The van der Waals surface area contributed by atoms with E-state index in [1.54, 1.807) is 25.1 Å². The lowest BCUT2D eigenvalue weighted by molar-refractivity contribution is -0.134. The van der Waals surface area contributed by atoms with E-state index < -0.39 is 12.3 Å². The minimum absolute atomic E-state index is 0.262. The summed E-state index contributed by atoms with van der Waals surface area (Å²) < 4.78 is 15.1. The SMILES string of the molecule is C=C(C)C(O)OCCOc1ccc(/C=C/C(=O)OC)cc1. The van der Waals surface area contributed by atoms with Crippen molar-refractivity contribution in [2.45, 2.75) is 13.2 Å². The minimum atomic E-state index is -0.959. The average molecular weight is 292 g/mol. The van der Waals surface area contributed by atoms with Gasteiger partial charge in [-0.2, -0.15) is 0 Å². The Morgan fingerprint density at radius 3 is 2.57 bits per heavy atom. The normalized spacial score (nSPS) is 12.1. The number of carbonyl (C=O) groups excluding carboxylic acids is 1. The van der Waals surface area contributed by atoms with Gasteiger partial charge in [-0.05, 0) is 36.3 Å². The van der Waals surface area contributed by atoms with Crippen molar-refractivity contribution in [3.63, 3.8) is 0 Å². The maximum atomic E-state index is 11.0. The van der Waals surface area contributed by atoms with E-state index in [4.69, 9.17) is 9.47 Å². The third kappa shape index (κ3) is 6.74. The third-order valence-electron chi connectivity index (χ3n) is 2.54. The first-order valence-electron chi connectivity index (χ1n) is 6.47. The number of aliphatic hydroxyl groups is 1. The Bertz CT molecular complexity index is 490. The summed E-state index contributed by atoms with van der Waals surface area (Å²) in [6.45, 7) is 5.85. The summed E-state index contributed by atoms with van der Waals surface area (Å²) in [6, 6.07) is 7.20. The van der Waals surface area contributed by atoms with Crippen LogP contribution < -0.4 is 4.74 Å². The van der Waals surface area contributed by atoms with Gasteiger partial charge in [0.25, 0.3) is 0 Å². The van der Waals surface area contributed by atoms with E-state index in [2.05, 4.69) is 11.3 Å². The zero-order valence-corrected chi connectivity index (χ0v) is 12.2. The zero-order valence-electron chi connectivity index (χ0n) is 12.2. The molecule has 21 heavy (non-hydrogen) atoms. The Labute approximate surface area is 124 Å². The number of benzene rings is 1. The second-order valence-corrected chi connectivity index (χ2v) is 4.34. The van der Waals surface area contributed by atoms with Crippen LogP contribution in [0.15, 0.2) is 42.5 Å². The van der Waals surface area contributed by atoms with Gasteiger partial charge in [-0.1, -0.05) is 18.7 Å². The first kappa shape index (κ1) is 16.9.